The molecule has 0 aromatic carbocycles. The number of amides is 1. The Kier molecular flexibility index (Phi) is 4.00. The Balaban J connectivity index is 1.41. The van der Waals surface area contributed by atoms with Gasteiger partial charge < -0.3 is 4.90 Å². The molecule has 2 aromatic heterocycles. The zero-order valence-electron chi connectivity index (χ0n) is 13.8. The van der Waals surface area contributed by atoms with Crippen LogP contribution in [0.3, 0.4) is 0 Å². The number of rotatable bonds is 4. The zero-order chi connectivity index (χ0) is 16.7. The molecule has 3 heterocycles. The van der Waals surface area contributed by atoms with Crippen molar-refractivity contribution in [3.05, 3.63) is 38.8 Å². The number of carbonyl (C=O) groups excluding carboxylic acids is 2. The predicted octanol–water partition coefficient (Wildman–Crippen LogP) is 2.72. The van der Waals surface area contributed by atoms with E-state index in [1.807, 2.05) is 16.3 Å². The fraction of sp³-hybridized carbons (Fsp3) is 0.500. The van der Waals surface area contributed by atoms with Gasteiger partial charge in [-0.05, 0) is 48.8 Å². The highest BCUT2D eigenvalue weighted by Gasteiger charge is 2.31. The van der Waals surface area contributed by atoms with Crippen molar-refractivity contribution in [2.75, 3.05) is 13.1 Å². The first-order chi connectivity index (χ1) is 11.6. The molecule has 24 heavy (non-hydrogen) atoms. The van der Waals surface area contributed by atoms with Crippen LogP contribution in [0.25, 0.3) is 0 Å². The Morgan fingerprint density at radius 2 is 2.12 bits per heavy atom. The van der Waals surface area contributed by atoms with E-state index in [-0.39, 0.29) is 11.7 Å². The van der Waals surface area contributed by atoms with Crippen LogP contribution in [0.5, 0.6) is 0 Å². The Labute approximate surface area is 145 Å². The van der Waals surface area contributed by atoms with Crippen molar-refractivity contribution >= 4 is 23.0 Å². The van der Waals surface area contributed by atoms with Crippen LogP contribution in [0.4, 0.5) is 0 Å². The monoisotopic (exact) mass is 343 g/mol. The van der Waals surface area contributed by atoms with Crippen molar-refractivity contribution in [2.45, 2.75) is 44.9 Å². The third kappa shape index (κ3) is 3.02. The largest absolute Gasteiger partial charge is 0.342 e. The fourth-order valence-electron chi connectivity index (χ4n) is 3.39. The van der Waals surface area contributed by atoms with E-state index in [4.69, 9.17) is 0 Å². The molecule has 0 radical (unpaired) electrons. The third-order valence-corrected chi connectivity index (χ3v) is 6.00. The van der Waals surface area contributed by atoms with Crippen LogP contribution in [-0.4, -0.2) is 39.9 Å². The van der Waals surface area contributed by atoms with Crippen molar-refractivity contribution in [1.82, 2.24) is 15.1 Å². The molecule has 0 saturated heterocycles. The number of ketones is 1. The van der Waals surface area contributed by atoms with Gasteiger partial charge in [0.1, 0.15) is 0 Å². The van der Waals surface area contributed by atoms with Crippen molar-refractivity contribution in [3.8, 4) is 0 Å². The van der Waals surface area contributed by atoms with Crippen LogP contribution >= 0.6 is 11.3 Å². The van der Waals surface area contributed by atoms with Crippen molar-refractivity contribution in [1.29, 1.82) is 0 Å². The summed E-state index contributed by atoms with van der Waals surface area (Å²) in [5.41, 5.74) is 4.74. The van der Waals surface area contributed by atoms with Crippen LogP contribution in [0, 0.1) is 0 Å². The summed E-state index contributed by atoms with van der Waals surface area (Å²) in [6.07, 6.45) is 4.62. The van der Waals surface area contributed by atoms with Crippen LogP contribution in [0.15, 0.2) is 11.4 Å². The first kappa shape index (κ1) is 15.6. The number of fused-ring (bicyclic) bond motifs is 1. The quantitative estimate of drug-likeness (QED) is 0.868. The number of nitrogens with zero attached hydrogens (tertiary/aromatic N) is 2. The zero-order valence-corrected chi connectivity index (χ0v) is 14.6. The summed E-state index contributed by atoms with van der Waals surface area (Å²) in [6.45, 7) is 3.06. The lowest BCUT2D eigenvalue weighted by atomic mass is 10.1. The highest BCUT2D eigenvalue weighted by molar-refractivity contribution is 7.12. The first-order valence-electron chi connectivity index (χ1n) is 8.54. The number of hydrogen-bond donors (Lipinski definition) is 1. The van der Waals surface area contributed by atoms with Gasteiger partial charge in [0.15, 0.2) is 5.78 Å². The minimum Gasteiger partial charge on any atom is -0.342 e. The third-order valence-electron chi connectivity index (χ3n) is 4.92. The van der Waals surface area contributed by atoms with Gasteiger partial charge in [-0.15, -0.1) is 11.3 Å². The molecule has 126 valence electrons. The molecule has 1 N–H and O–H groups in total. The van der Waals surface area contributed by atoms with Gasteiger partial charge in [0.25, 0.3) is 0 Å². The highest BCUT2D eigenvalue weighted by Crippen LogP contribution is 2.41. The summed E-state index contributed by atoms with van der Waals surface area (Å²) in [5.74, 6) is 0.851. The molecule has 1 amide bonds. The number of aromatic amines is 1. The van der Waals surface area contributed by atoms with Gasteiger partial charge in [-0.25, -0.2) is 0 Å². The van der Waals surface area contributed by atoms with E-state index in [2.05, 4.69) is 10.2 Å². The molecular formula is C18H21N3O2S. The number of aromatic nitrogens is 2. The summed E-state index contributed by atoms with van der Waals surface area (Å²) >= 11 is 1.42. The molecule has 0 unspecified atom stereocenters. The average Bonchev–Trinajstić information content (AvgIpc) is 3.23. The Hall–Kier alpha value is -1.95. The maximum atomic E-state index is 12.6. The van der Waals surface area contributed by atoms with Gasteiger partial charge in [0.05, 0.1) is 17.0 Å². The molecule has 2 aromatic rings. The molecule has 6 heteroatoms. The molecule has 1 aliphatic carbocycles. The number of H-pyrrole nitrogens is 1. The van der Waals surface area contributed by atoms with Crippen molar-refractivity contribution in [2.24, 2.45) is 0 Å². The normalized spacial score (nSPS) is 17.5. The summed E-state index contributed by atoms with van der Waals surface area (Å²) in [5, 5.41) is 9.61. The van der Waals surface area contributed by atoms with E-state index in [0.29, 0.717) is 12.3 Å². The summed E-state index contributed by atoms with van der Waals surface area (Å²) in [7, 11) is 0. The highest BCUT2D eigenvalue weighted by atomic mass is 32.1. The Morgan fingerprint density at radius 1 is 1.33 bits per heavy atom. The van der Waals surface area contributed by atoms with Gasteiger partial charge in [0, 0.05) is 31.1 Å². The lowest BCUT2D eigenvalue weighted by Gasteiger charge is -2.20. The summed E-state index contributed by atoms with van der Waals surface area (Å²) < 4.78 is 0. The second-order valence-corrected chi connectivity index (χ2v) is 7.68. The number of thiophene rings is 1. The number of carbonyl (C=O) groups is 2. The van der Waals surface area contributed by atoms with Crippen molar-refractivity contribution in [3.63, 3.8) is 0 Å². The second-order valence-electron chi connectivity index (χ2n) is 6.77. The minimum atomic E-state index is 0.0621. The smallest absolute Gasteiger partial charge is 0.227 e. The lowest BCUT2D eigenvalue weighted by molar-refractivity contribution is -0.130. The molecule has 0 spiro atoms. The average molecular weight is 343 g/mol. The molecule has 4 rings (SSSR count). The molecule has 5 nitrogen and oxygen atoms in total. The number of hydrogen-bond acceptors (Lipinski definition) is 4. The van der Waals surface area contributed by atoms with Crippen LogP contribution in [0.1, 0.15) is 57.9 Å². The van der Waals surface area contributed by atoms with Crippen LogP contribution < -0.4 is 0 Å². The molecule has 0 bridgehead atoms. The topological polar surface area (TPSA) is 66.1 Å². The molecule has 1 saturated carbocycles. The molecular weight excluding hydrogens is 322 g/mol. The Bertz CT molecular complexity index is 788. The minimum absolute atomic E-state index is 0.0621. The summed E-state index contributed by atoms with van der Waals surface area (Å²) in [6, 6.07) is 1.85. The van der Waals surface area contributed by atoms with Gasteiger partial charge in [0.2, 0.25) is 5.91 Å². The summed E-state index contributed by atoms with van der Waals surface area (Å²) in [4.78, 5) is 26.7. The van der Waals surface area contributed by atoms with Gasteiger partial charge >= 0.3 is 0 Å². The van der Waals surface area contributed by atoms with E-state index in [1.165, 1.54) is 41.1 Å². The number of nitrogens with one attached hydrogen (secondary N) is 1. The first-order valence-corrected chi connectivity index (χ1v) is 9.42. The van der Waals surface area contributed by atoms with Gasteiger partial charge in [-0.1, -0.05) is 0 Å². The van der Waals surface area contributed by atoms with E-state index < -0.39 is 0 Å². The Morgan fingerprint density at radius 3 is 2.83 bits per heavy atom. The SMILES string of the molecule is CC(=O)c1cc(CC(=O)N2CCc3[nH]nc(C4CC4)c3CC2)cs1. The lowest BCUT2D eigenvalue weighted by Crippen LogP contribution is -2.34. The number of Topliss-reactive ketones (excluding diaryl/α,β-unsaturated/α-hetero) is 1. The standard InChI is InChI=1S/C18H21N3O2S/c1-11(22)16-8-12(10-24-16)9-17(23)21-6-4-14-15(5-7-21)19-20-18(14)13-2-3-13/h8,10,13H,2-7,9H2,1H3,(H,19,20). The van der Waals surface area contributed by atoms with Crippen molar-refractivity contribution < 1.29 is 9.59 Å². The molecule has 1 aliphatic heterocycles. The second kappa shape index (κ2) is 6.16. The van der Waals surface area contributed by atoms with E-state index in [9.17, 15) is 9.59 Å². The van der Waals surface area contributed by atoms with Gasteiger partial charge in [-0.2, -0.15) is 5.10 Å². The van der Waals surface area contributed by atoms with E-state index >= 15 is 0 Å². The fourth-order valence-corrected chi connectivity index (χ4v) is 4.21. The molecule has 2 aliphatic rings. The van der Waals surface area contributed by atoms with Crippen LogP contribution in [0.2, 0.25) is 0 Å². The maximum absolute atomic E-state index is 12.6. The molecule has 1 fully saturated rings. The van der Waals surface area contributed by atoms with Crippen LogP contribution in [-0.2, 0) is 24.1 Å². The maximum Gasteiger partial charge on any atom is 0.227 e. The van der Waals surface area contributed by atoms with Gasteiger partial charge in [-0.3, -0.25) is 14.7 Å². The van der Waals surface area contributed by atoms with E-state index in [1.54, 1.807) is 6.92 Å². The van der Waals surface area contributed by atoms with E-state index in [0.717, 1.165) is 36.4 Å². The predicted molar refractivity (Wildman–Crippen MR) is 92.6 cm³/mol. The molecule has 0 atom stereocenters.